The predicted octanol–water partition coefficient (Wildman–Crippen LogP) is 4.04. The van der Waals surface area contributed by atoms with Crippen LogP contribution in [0.25, 0.3) is 0 Å². The van der Waals surface area contributed by atoms with Crippen molar-refractivity contribution in [3.63, 3.8) is 0 Å². The number of aromatic nitrogens is 1. The largest absolute Gasteiger partial charge is 0.489 e. The average molecular weight is 354 g/mol. The van der Waals surface area contributed by atoms with E-state index < -0.39 is 0 Å². The van der Waals surface area contributed by atoms with E-state index in [0.29, 0.717) is 24.5 Å². The molecule has 0 spiro atoms. The Bertz CT molecular complexity index is 891. The van der Waals surface area contributed by atoms with Gasteiger partial charge in [0, 0.05) is 12.6 Å². The molecule has 6 nitrogen and oxygen atoms in total. The molecular weight excluding hydrogens is 332 g/mol. The predicted molar refractivity (Wildman–Crippen MR) is 96.0 cm³/mol. The third-order valence-corrected chi connectivity index (χ3v) is 4.18. The number of furan rings is 1. The second kappa shape index (κ2) is 7.47. The van der Waals surface area contributed by atoms with E-state index in [4.69, 9.17) is 13.7 Å². The monoisotopic (exact) mass is 354 g/mol. The van der Waals surface area contributed by atoms with Gasteiger partial charge >= 0.3 is 0 Å². The molecule has 136 valence electrons. The van der Waals surface area contributed by atoms with Crippen LogP contribution in [-0.2, 0) is 13.2 Å². The number of carbonyl (C=O) groups is 1. The quantitative estimate of drug-likeness (QED) is 0.668. The highest BCUT2D eigenvalue weighted by Gasteiger charge is 2.15. The maximum absolute atomic E-state index is 12.7. The highest BCUT2D eigenvalue weighted by atomic mass is 16.5. The molecular formula is C20H22N2O4. The zero-order valence-corrected chi connectivity index (χ0v) is 15.4. The molecule has 0 aliphatic carbocycles. The van der Waals surface area contributed by atoms with E-state index in [0.717, 1.165) is 28.5 Å². The van der Waals surface area contributed by atoms with Gasteiger partial charge in [-0.2, -0.15) is 0 Å². The summed E-state index contributed by atoms with van der Waals surface area (Å²) in [6.07, 6.45) is 0. The summed E-state index contributed by atoms with van der Waals surface area (Å²) >= 11 is 0. The van der Waals surface area contributed by atoms with Gasteiger partial charge in [-0.25, -0.2) is 0 Å². The fraction of sp³-hybridized carbons (Fsp3) is 0.300. The zero-order valence-electron chi connectivity index (χ0n) is 15.4. The Morgan fingerprint density at radius 2 is 2.00 bits per heavy atom. The first-order valence-corrected chi connectivity index (χ1v) is 8.39. The molecule has 0 aliphatic heterocycles. The molecule has 0 aliphatic rings. The molecule has 1 aromatic carbocycles. The Kier molecular flexibility index (Phi) is 5.11. The summed E-state index contributed by atoms with van der Waals surface area (Å²) in [5, 5.41) is 3.91. The minimum Gasteiger partial charge on any atom is -0.489 e. The maximum Gasteiger partial charge on any atom is 0.254 e. The van der Waals surface area contributed by atoms with E-state index >= 15 is 0 Å². The molecule has 3 aromatic rings. The summed E-state index contributed by atoms with van der Waals surface area (Å²) < 4.78 is 16.5. The van der Waals surface area contributed by atoms with Crippen LogP contribution in [0.2, 0.25) is 0 Å². The number of amides is 1. The first kappa shape index (κ1) is 17.8. The van der Waals surface area contributed by atoms with Gasteiger partial charge < -0.3 is 18.6 Å². The molecule has 0 radical (unpaired) electrons. The van der Waals surface area contributed by atoms with Gasteiger partial charge in [-0.1, -0.05) is 11.2 Å². The molecule has 3 rings (SSSR count). The van der Waals surface area contributed by atoms with Crippen molar-refractivity contribution in [2.75, 3.05) is 7.05 Å². The van der Waals surface area contributed by atoms with Crippen LogP contribution < -0.4 is 4.74 Å². The fourth-order valence-corrected chi connectivity index (χ4v) is 2.68. The van der Waals surface area contributed by atoms with Crippen molar-refractivity contribution in [1.82, 2.24) is 10.1 Å². The van der Waals surface area contributed by atoms with E-state index in [1.165, 1.54) is 0 Å². The molecule has 6 heteroatoms. The summed E-state index contributed by atoms with van der Waals surface area (Å²) in [6, 6.07) is 10.9. The van der Waals surface area contributed by atoms with Gasteiger partial charge in [-0.3, -0.25) is 4.79 Å². The lowest BCUT2D eigenvalue weighted by atomic mass is 10.2. The molecule has 0 N–H and O–H groups in total. The number of hydrogen-bond acceptors (Lipinski definition) is 5. The van der Waals surface area contributed by atoms with E-state index in [2.05, 4.69) is 5.16 Å². The number of carbonyl (C=O) groups excluding carboxylic acids is 1. The van der Waals surface area contributed by atoms with Crippen molar-refractivity contribution in [1.29, 1.82) is 0 Å². The number of ether oxygens (including phenoxy) is 1. The van der Waals surface area contributed by atoms with Gasteiger partial charge in [0.2, 0.25) is 0 Å². The Hall–Kier alpha value is -3.02. The number of aryl methyl sites for hydroxylation is 3. The topological polar surface area (TPSA) is 68.7 Å². The van der Waals surface area contributed by atoms with Crippen LogP contribution in [0.5, 0.6) is 5.75 Å². The fourth-order valence-electron chi connectivity index (χ4n) is 2.68. The van der Waals surface area contributed by atoms with Crippen molar-refractivity contribution in [3.05, 3.63) is 70.5 Å². The number of benzene rings is 1. The molecule has 0 unspecified atom stereocenters. The molecule has 2 aromatic heterocycles. The van der Waals surface area contributed by atoms with Crippen LogP contribution in [0.4, 0.5) is 0 Å². The Labute approximate surface area is 152 Å². The van der Waals surface area contributed by atoms with Gasteiger partial charge in [0.25, 0.3) is 5.91 Å². The Morgan fingerprint density at radius 3 is 2.65 bits per heavy atom. The van der Waals surface area contributed by atoms with Gasteiger partial charge in [0.15, 0.2) is 0 Å². The molecule has 2 heterocycles. The van der Waals surface area contributed by atoms with Crippen molar-refractivity contribution < 1.29 is 18.5 Å². The van der Waals surface area contributed by atoms with Crippen LogP contribution in [0.15, 0.2) is 45.3 Å². The lowest BCUT2D eigenvalue weighted by molar-refractivity contribution is 0.0774. The maximum atomic E-state index is 12.7. The van der Waals surface area contributed by atoms with E-state index in [-0.39, 0.29) is 5.91 Å². The summed E-state index contributed by atoms with van der Waals surface area (Å²) in [4.78, 5) is 14.3. The van der Waals surface area contributed by atoms with E-state index in [1.54, 1.807) is 30.1 Å². The minimum atomic E-state index is -0.0955. The second-order valence-electron chi connectivity index (χ2n) is 6.29. The third kappa shape index (κ3) is 3.96. The van der Waals surface area contributed by atoms with Crippen LogP contribution >= 0.6 is 0 Å². The molecule has 0 saturated heterocycles. The molecule has 26 heavy (non-hydrogen) atoms. The van der Waals surface area contributed by atoms with Crippen LogP contribution in [0.1, 0.15) is 38.9 Å². The summed E-state index contributed by atoms with van der Waals surface area (Å²) in [7, 11) is 1.75. The van der Waals surface area contributed by atoms with Gasteiger partial charge in [0.1, 0.15) is 29.6 Å². The van der Waals surface area contributed by atoms with Gasteiger partial charge in [-0.15, -0.1) is 0 Å². The van der Waals surface area contributed by atoms with Crippen molar-refractivity contribution >= 4 is 5.91 Å². The number of hydrogen-bond donors (Lipinski definition) is 0. The minimum absolute atomic E-state index is 0.0955. The zero-order chi connectivity index (χ0) is 18.7. The van der Waals surface area contributed by atoms with Crippen LogP contribution in [0, 0.1) is 20.8 Å². The first-order chi connectivity index (χ1) is 12.4. The molecule has 0 saturated carbocycles. The standard InChI is InChI=1S/C20H22N2O4/c1-13-8-9-18(25-13)11-22(4)20(23)16-6-5-7-17(10-16)24-12-19-14(2)21-26-15(19)3/h5-10H,11-12H2,1-4H3. The normalized spacial score (nSPS) is 10.8. The SMILES string of the molecule is Cc1ccc(CN(C)C(=O)c2cccc(OCc3c(C)noc3C)c2)o1. The average Bonchev–Trinajstić information content (AvgIpc) is 3.18. The Morgan fingerprint density at radius 1 is 1.19 bits per heavy atom. The number of nitrogens with zero attached hydrogens (tertiary/aromatic N) is 2. The summed E-state index contributed by atoms with van der Waals surface area (Å²) in [5.41, 5.74) is 2.29. The highest BCUT2D eigenvalue weighted by Crippen LogP contribution is 2.20. The van der Waals surface area contributed by atoms with Gasteiger partial charge in [-0.05, 0) is 51.1 Å². The Balaban J connectivity index is 1.67. The lowest BCUT2D eigenvalue weighted by Crippen LogP contribution is -2.26. The van der Waals surface area contributed by atoms with Gasteiger partial charge in [0.05, 0.1) is 17.8 Å². The first-order valence-electron chi connectivity index (χ1n) is 8.39. The van der Waals surface area contributed by atoms with Crippen LogP contribution in [-0.4, -0.2) is 23.0 Å². The van der Waals surface area contributed by atoms with Crippen molar-refractivity contribution in [2.24, 2.45) is 0 Å². The molecule has 0 fully saturated rings. The summed E-state index contributed by atoms with van der Waals surface area (Å²) in [6.45, 7) is 6.37. The molecule has 0 bridgehead atoms. The van der Waals surface area contributed by atoms with E-state index in [1.807, 2.05) is 39.0 Å². The highest BCUT2D eigenvalue weighted by molar-refractivity contribution is 5.94. The molecule has 0 atom stereocenters. The smallest absolute Gasteiger partial charge is 0.254 e. The lowest BCUT2D eigenvalue weighted by Gasteiger charge is -2.16. The second-order valence-corrected chi connectivity index (χ2v) is 6.29. The summed E-state index contributed by atoms with van der Waals surface area (Å²) in [5.74, 6) is 2.85. The van der Waals surface area contributed by atoms with Crippen molar-refractivity contribution in [3.8, 4) is 5.75 Å². The molecule has 1 amide bonds. The third-order valence-electron chi connectivity index (χ3n) is 4.18. The van der Waals surface area contributed by atoms with Crippen molar-refractivity contribution in [2.45, 2.75) is 33.9 Å². The van der Waals surface area contributed by atoms with Crippen LogP contribution in [0.3, 0.4) is 0 Å². The van der Waals surface area contributed by atoms with E-state index in [9.17, 15) is 4.79 Å². The number of rotatable bonds is 6.